The van der Waals surface area contributed by atoms with Gasteiger partial charge in [0, 0.05) is 12.5 Å². The van der Waals surface area contributed by atoms with Crippen molar-refractivity contribution in [2.24, 2.45) is 11.7 Å². The SMILES string of the molecule is CCC.NC12CC1CN2. The van der Waals surface area contributed by atoms with Crippen molar-refractivity contribution in [3.05, 3.63) is 0 Å². The third-order valence-corrected chi connectivity index (χ3v) is 1.83. The van der Waals surface area contributed by atoms with E-state index in [1.807, 2.05) is 0 Å². The van der Waals surface area contributed by atoms with Crippen molar-refractivity contribution < 1.29 is 0 Å². The molecule has 2 atom stereocenters. The molecule has 0 aromatic rings. The van der Waals surface area contributed by atoms with E-state index in [4.69, 9.17) is 5.73 Å². The molecule has 9 heavy (non-hydrogen) atoms. The van der Waals surface area contributed by atoms with Crippen LogP contribution < -0.4 is 11.1 Å². The van der Waals surface area contributed by atoms with Gasteiger partial charge in [-0.1, -0.05) is 20.3 Å². The van der Waals surface area contributed by atoms with Gasteiger partial charge in [0.05, 0.1) is 5.66 Å². The molecule has 1 saturated heterocycles. The highest BCUT2D eigenvalue weighted by atomic mass is 15.3. The first kappa shape index (κ1) is 7.03. The fraction of sp³-hybridized carbons (Fsp3) is 1.00. The van der Waals surface area contributed by atoms with E-state index < -0.39 is 0 Å². The molecule has 2 aliphatic rings. The zero-order valence-electron chi connectivity index (χ0n) is 6.28. The zero-order valence-corrected chi connectivity index (χ0v) is 6.28. The lowest BCUT2D eigenvalue weighted by atomic mass is 10.2. The summed E-state index contributed by atoms with van der Waals surface area (Å²) in [6, 6.07) is 0. The molecule has 1 aliphatic heterocycles. The van der Waals surface area contributed by atoms with Gasteiger partial charge in [0.25, 0.3) is 0 Å². The van der Waals surface area contributed by atoms with Gasteiger partial charge in [-0.25, -0.2) is 0 Å². The largest absolute Gasteiger partial charge is 0.313 e. The Morgan fingerprint density at radius 1 is 1.67 bits per heavy atom. The average Bonchev–Trinajstić information content (AvgIpc) is 2.21. The predicted molar refractivity (Wildman–Crippen MR) is 39.0 cm³/mol. The van der Waals surface area contributed by atoms with Crippen molar-refractivity contribution in [2.45, 2.75) is 32.4 Å². The number of hydrogen-bond donors (Lipinski definition) is 2. The van der Waals surface area contributed by atoms with Crippen LogP contribution in [0.5, 0.6) is 0 Å². The highest BCUT2D eigenvalue weighted by Crippen LogP contribution is 2.44. The maximum Gasteiger partial charge on any atom is 0.0708 e. The summed E-state index contributed by atoms with van der Waals surface area (Å²) in [7, 11) is 0. The lowest BCUT2D eigenvalue weighted by Crippen LogP contribution is -2.52. The van der Waals surface area contributed by atoms with E-state index in [1.165, 1.54) is 12.8 Å². The lowest BCUT2D eigenvalue weighted by Gasteiger charge is -2.21. The zero-order chi connectivity index (χ0) is 6.91. The van der Waals surface area contributed by atoms with Crippen LogP contribution in [0.15, 0.2) is 0 Å². The van der Waals surface area contributed by atoms with Crippen LogP contribution in [0.2, 0.25) is 0 Å². The quantitative estimate of drug-likeness (QED) is 0.503. The number of fused-ring (bicyclic) bond motifs is 1. The Bertz CT molecular complexity index is 99.1. The van der Waals surface area contributed by atoms with Crippen LogP contribution in [0.25, 0.3) is 0 Å². The van der Waals surface area contributed by atoms with Gasteiger partial charge in [0.2, 0.25) is 0 Å². The predicted octanol–water partition coefficient (Wildman–Crippen LogP) is 0.681. The van der Waals surface area contributed by atoms with Gasteiger partial charge in [-0.2, -0.15) is 0 Å². The molecular weight excluding hydrogens is 112 g/mol. The van der Waals surface area contributed by atoms with Gasteiger partial charge in [-0.15, -0.1) is 0 Å². The molecule has 2 nitrogen and oxygen atoms in total. The molecule has 2 fully saturated rings. The van der Waals surface area contributed by atoms with Crippen LogP contribution in [0, 0.1) is 5.92 Å². The molecule has 2 unspecified atom stereocenters. The highest BCUT2D eigenvalue weighted by Gasteiger charge is 2.58. The number of nitrogens with one attached hydrogen (secondary N) is 1. The first-order valence-corrected chi connectivity index (χ1v) is 3.77. The van der Waals surface area contributed by atoms with E-state index in [9.17, 15) is 0 Å². The third-order valence-electron chi connectivity index (χ3n) is 1.83. The maximum absolute atomic E-state index is 5.58. The molecule has 1 heterocycles. The minimum absolute atomic E-state index is 0.139. The number of hydrogen-bond acceptors (Lipinski definition) is 2. The smallest absolute Gasteiger partial charge is 0.0708 e. The normalized spacial score (nSPS) is 43.7. The van der Waals surface area contributed by atoms with Gasteiger partial charge in [-0.05, 0) is 6.42 Å². The average molecular weight is 128 g/mol. The summed E-state index contributed by atoms with van der Waals surface area (Å²) in [5, 5.41) is 3.14. The maximum atomic E-state index is 5.58. The summed E-state index contributed by atoms with van der Waals surface area (Å²) in [6.45, 7) is 5.41. The number of rotatable bonds is 0. The molecule has 54 valence electrons. The van der Waals surface area contributed by atoms with E-state index in [2.05, 4.69) is 19.2 Å². The Labute approximate surface area is 56.8 Å². The second-order valence-electron chi connectivity index (χ2n) is 3.03. The van der Waals surface area contributed by atoms with E-state index in [1.54, 1.807) is 0 Å². The molecule has 0 bridgehead atoms. The van der Waals surface area contributed by atoms with Crippen LogP contribution in [-0.4, -0.2) is 12.2 Å². The topological polar surface area (TPSA) is 38.0 Å². The summed E-state index contributed by atoms with van der Waals surface area (Å²) >= 11 is 0. The Morgan fingerprint density at radius 2 is 2.11 bits per heavy atom. The highest BCUT2D eigenvalue weighted by molar-refractivity contribution is 5.14. The molecule has 0 aromatic heterocycles. The first-order valence-electron chi connectivity index (χ1n) is 3.77. The molecule has 1 saturated carbocycles. The van der Waals surface area contributed by atoms with Gasteiger partial charge in [-0.3, -0.25) is 5.32 Å². The van der Waals surface area contributed by atoms with Crippen molar-refractivity contribution >= 4 is 0 Å². The van der Waals surface area contributed by atoms with Crippen molar-refractivity contribution in [3.63, 3.8) is 0 Å². The fourth-order valence-corrected chi connectivity index (χ4v) is 1.00. The van der Waals surface area contributed by atoms with Crippen molar-refractivity contribution in [1.29, 1.82) is 0 Å². The van der Waals surface area contributed by atoms with Crippen LogP contribution >= 0.6 is 0 Å². The molecule has 0 amide bonds. The summed E-state index contributed by atoms with van der Waals surface area (Å²) in [4.78, 5) is 0. The second kappa shape index (κ2) is 2.27. The Kier molecular flexibility index (Phi) is 1.78. The minimum Gasteiger partial charge on any atom is -0.313 e. The van der Waals surface area contributed by atoms with Gasteiger partial charge in [0.15, 0.2) is 0 Å². The van der Waals surface area contributed by atoms with Gasteiger partial charge >= 0.3 is 0 Å². The summed E-state index contributed by atoms with van der Waals surface area (Å²) in [5.74, 6) is 0.845. The summed E-state index contributed by atoms with van der Waals surface area (Å²) < 4.78 is 0. The molecule has 0 radical (unpaired) electrons. The van der Waals surface area contributed by atoms with Crippen molar-refractivity contribution in [1.82, 2.24) is 5.32 Å². The molecule has 2 heteroatoms. The molecule has 0 aromatic carbocycles. The Hall–Kier alpha value is -0.0800. The van der Waals surface area contributed by atoms with Crippen LogP contribution in [0.1, 0.15) is 26.7 Å². The molecule has 1 aliphatic carbocycles. The molecular formula is C7H16N2. The number of nitrogens with two attached hydrogens (primary N) is 1. The van der Waals surface area contributed by atoms with E-state index in [0.29, 0.717) is 0 Å². The fourth-order valence-electron chi connectivity index (χ4n) is 1.00. The minimum atomic E-state index is 0.139. The molecule has 3 N–H and O–H groups in total. The Balaban J connectivity index is 0.000000120. The van der Waals surface area contributed by atoms with E-state index in [0.717, 1.165) is 12.5 Å². The van der Waals surface area contributed by atoms with Gasteiger partial charge < -0.3 is 5.73 Å². The summed E-state index contributed by atoms with van der Waals surface area (Å²) in [5.41, 5.74) is 5.72. The Morgan fingerprint density at radius 3 is 2.11 bits per heavy atom. The van der Waals surface area contributed by atoms with E-state index >= 15 is 0 Å². The molecule has 2 rings (SSSR count). The van der Waals surface area contributed by atoms with Crippen LogP contribution in [0.4, 0.5) is 0 Å². The molecule has 0 spiro atoms. The summed E-state index contributed by atoms with van der Waals surface area (Å²) in [6.07, 6.45) is 2.47. The standard InChI is InChI=1S/C4H8N2.C3H8/c5-4-1-3(4)2-6-4;1-3-2/h3,6H,1-2,5H2;3H2,1-2H3. The lowest BCUT2D eigenvalue weighted by molar-refractivity contribution is 0.364. The van der Waals surface area contributed by atoms with Crippen LogP contribution in [0.3, 0.4) is 0 Å². The van der Waals surface area contributed by atoms with Gasteiger partial charge in [0.1, 0.15) is 0 Å². The van der Waals surface area contributed by atoms with Crippen molar-refractivity contribution in [3.8, 4) is 0 Å². The second-order valence-corrected chi connectivity index (χ2v) is 3.03. The first-order chi connectivity index (χ1) is 4.23. The monoisotopic (exact) mass is 128 g/mol. The van der Waals surface area contributed by atoms with Crippen LogP contribution in [-0.2, 0) is 0 Å². The third kappa shape index (κ3) is 1.25. The van der Waals surface area contributed by atoms with Crippen molar-refractivity contribution in [2.75, 3.05) is 6.54 Å². The van der Waals surface area contributed by atoms with E-state index in [-0.39, 0.29) is 5.66 Å².